The van der Waals surface area contributed by atoms with Crippen LogP contribution in [-0.4, -0.2) is 63.9 Å². The van der Waals surface area contributed by atoms with E-state index in [9.17, 15) is 9.18 Å². The van der Waals surface area contributed by atoms with E-state index in [2.05, 4.69) is 14.9 Å². The molecule has 5 rings (SSSR count). The van der Waals surface area contributed by atoms with E-state index in [0.29, 0.717) is 37.7 Å². The standard InChI is InChI=1S/C25H25FN6O2S.CH2Cl2/c26-18-9-6-17(7-10-18)8-11-20-28-22-23(29-25(27)30-24(22)35-20)32-14-12-31(13-15-32)21(33)16-34-19-4-2-1-3-5-19;2-1-3/h1-7,9-10H,8,11-16H2,(H2,27,29,30);1H2. The molecule has 0 unspecified atom stereocenters. The van der Waals surface area contributed by atoms with Gasteiger partial charge in [0.25, 0.3) is 5.91 Å². The highest BCUT2D eigenvalue weighted by Crippen LogP contribution is 2.30. The summed E-state index contributed by atoms with van der Waals surface area (Å²) >= 11 is 11.0. The fourth-order valence-electron chi connectivity index (χ4n) is 4.02. The molecule has 2 N–H and O–H groups in total. The third-order valence-corrected chi connectivity index (χ3v) is 6.89. The molecule has 1 fully saturated rings. The molecule has 2 aromatic heterocycles. The van der Waals surface area contributed by atoms with Crippen LogP contribution in [0.1, 0.15) is 10.6 Å². The van der Waals surface area contributed by atoms with Gasteiger partial charge in [0, 0.05) is 32.6 Å². The smallest absolute Gasteiger partial charge is 0.260 e. The average Bonchev–Trinajstić information content (AvgIpc) is 3.35. The number of carbonyl (C=O) groups excluding carboxylic acids is 1. The van der Waals surface area contributed by atoms with Gasteiger partial charge in [0.15, 0.2) is 17.3 Å². The lowest BCUT2D eigenvalue weighted by Crippen LogP contribution is -2.50. The summed E-state index contributed by atoms with van der Waals surface area (Å²) < 4.78 is 18.8. The first-order valence-electron chi connectivity index (χ1n) is 12.0. The van der Waals surface area contributed by atoms with E-state index in [1.807, 2.05) is 30.3 Å². The summed E-state index contributed by atoms with van der Waals surface area (Å²) in [4.78, 5) is 30.9. The summed E-state index contributed by atoms with van der Waals surface area (Å²) in [6, 6.07) is 15.8. The van der Waals surface area contributed by atoms with Crippen molar-refractivity contribution in [2.24, 2.45) is 0 Å². The Bertz CT molecular complexity index is 1340. The van der Waals surface area contributed by atoms with E-state index in [4.69, 9.17) is 38.7 Å². The van der Waals surface area contributed by atoms with Gasteiger partial charge in [-0.05, 0) is 36.2 Å². The number of alkyl halides is 2. The third kappa shape index (κ3) is 7.43. The van der Waals surface area contributed by atoms with Crippen LogP contribution in [0.15, 0.2) is 54.6 Å². The number of thiazole rings is 1. The highest BCUT2D eigenvalue weighted by molar-refractivity contribution is 7.18. The molecule has 0 saturated carbocycles. The zero-order valence-corrected chi connectivity index (χ0v) is 22.9. The predicted octanol–water partition coefficient (Wildman–Crippen LogP) is 4.74. The van der Waals surface area contributed by atoms with Crippen molar-refractivity contribution in [2.45, 2.75) is 12.8 Å². The first kappa shape index (κ1) is 27.8. The number of nitrogen functional groups attached to an aromatic ring is 1. The molecular formula is C26H27Cl2FN6O2S. The Labute approximate surface area is 234 Å². The van der Waals surface area contributed by atoms with Gasteiger partial charge in [-0.1, -0.05) is 41.7 Å². The van der Waals surface area contributed by atoms with Crippen molar-refractivity contribution in [1.29, 1.82) is 0 Å². The summed E-state index contributed by atoms with van der Waals surface area (Å²) in [6.45, 7) is 2.36. The largest absolute Gasteiger partial charge is 0.484 e. The minimum absolute atomic E-state index is 0.0121. The lowest BCUT2D eigenvalue weighted by atomic mass is 10.1. The van der Waals surface area contributed by atoms with Gasteiger partial charge in [-0.3, -0.25) is 4.79 Å². The highest BCUT2D eigenvalue weighted by atomic mass is 35.5. The molecule has 12 heteroatoms. The summed E-state index contributed by atoms with van der Waals surface area (Å²) in [7, 11) is 0. The van der Waals surface area contributed by atoms with Gasteiger partial charge in [0.1, 0.15) is 17.1 Å². The van der Waals surface area contributed by atoms with Crippen LogP contribution in [0.4, 0.5) is 16.2 Å². The number of fused-ring (bicyclic) bond motifs is 1. The Balaban J connectivity index is 0.00000107. The van der Waals surface area contributed by atoms with Crippen LogP contribution in [0.5, 0.6) is 5.75 Å². The molecule has 0 atom stereocenters. The second-order valence-corrected chi connectivity index (χ2v) is 10.2. The fraction of sp³-hybridized carbons (Fsp3) is 0.308. The lowest BCUT2D eigenvalue weighted by molar-refractivity contribution is -0.133. The van der Waals surface area contributed by atoms with Crippen molar-refractivity contribution in [3.8, 4) is 5.75 Å². The SMILES string of the molecule is ClCCl.Nc1nc(N2CCN(C(=O)COc3ccccc3)CC2)c2nc(CCc3ccc(F)cc3)sc2n1. The molecule has 0 bridgehead atoms. The van der Waals surface area contributed by atoms with Gasteiger partial charge in [-0.2, -0.15) is 4.98 Å². The quantitative estimate of drug-likeness (QED) is 0.317. The molecule has 38 heavy (non-hydrogen) atoms. The summed E-state index contributed by atoms with van der Waals surface area (Å²) in [6.07, 6.45) is 1.47. The van der Waals surface area contributed by atoms with Gasteiger partial charge in [0.05, 0.1) is 10.3 Å². The van der Waals surface area contributed by atoms with Crippen molar-refractivity contribution in [3.63, 3.8) is 0 Å². The van der Waals surface area contributed by atoms with Crippen LogP contribution in [0.2, 0.25) is 0 Å². The maximum atomic E-state index is 13.2. The number of anilines is 2. The Morgan fingerprint density at radius 1 is 0.974 bits per heavy atom. The topological polar surface area (TPSA) is 97.5 Å². The van der Waals surface area contributed by atoms with Crippen LogP contribution >= 0.6 is 34.5 Å². The molecule has 200 valence electrons. The zero-order chi connectivity index (χ0) is 26.9. The molecule has 1 aliphatic rings. The van der Waals surface area contributed by atoms with Gasteiger partial charge in [-0.15, -0.1) is 23.2 Å². The van der Waals surface area contributed by atoms with E-state index in [-0.39, 0.29) is 29.6 Å². The van der Waals surface area contributed by atoms with E-state index in [0.717, 1.165) is 33.8 Å². The zero-order valence-electron chi connectivity index (χ0n) is 20.5. The molecule has 1 saturated heterocycles. The fourth-order valence-corrected chi connectivity index (χ4v) is 4.95. The van der Waals surface area contributed by atoms with Crippen LogP contribution in [0.3, 0.4) is 0 Å². The Hall–Kier alpha value is -3.21. The maximum absolute atomic E-state index is 13.2. The first-order valence-corrected chi connectivity index (χ1v) is 13.8. The number of benzene rings is 2. The second-order valence-electron chi connectivity index (χ2n) is 8.36. The minimum atomic E-state index is -0.241. The number of hydrogen-bond donors (Lipinski definition) is 1. The Morgan fingerprint density at radius 2 is 1.66 bits per heavy atom. The summed E-state index contributed by atoms with van der Waals surface area (Å²) in [5, 5.41) is 1.12. The number of halogens is 3. The monoisotopic (exact) mass is 576 g/mol. The molecule has 3 heterocycles. The van der Waals surface area contributed by atoms with Gasteiger partial charge in [-0.25, -0.2) is 14.4 Å². The number of aryl methyl sites for hydroxylation is 2. The van der Waals surface area contributed by atoms with E-state index in [1.54, 1.807) is 17.0 Å². The molecule has 4 aromatic rings. The number of carbonyl (C=O) groups is 1. The molecule has 8 nitrogen and oxygen atoms in total. The van der Waals surface area contributed by atoms with Crippen LogP contribution in [-0.2, 0) is 17.6 Å². The Morgan fingerprint density at radius 3 is 2.34 bits per heavy atom. The number of aromatic nitrogens is 3. The molecule has 1 aliphatic heterocycles. The van der Waals surface area contributed by atoms with Crippen molar-refractivity contribution in [1.82, 2.24) is 19.9 Å². The maximum Gasteiger partial charge on any atom is 0.260 e. The number of para-hydroxylation sites is 1. The van der Waals surface area contributed by atoms with Gasteiger partial charge < -0.3 is 20.3 Å². The minimum Gasteiger partial charge on any atom is -0.484 e. The van der Waals surface area contributed by atoms with Crippen molar-refractivity contribution in [3.05, 3.63) is 71.0 Å². The molecule has 1 amide bonds. The molecule has 0 spiro atoms. The van der Waals surface area contributed by atoms with Gasteiger partial charge >= 0.3 is 0 Å². The number of nitrogens with two attached hydrogens (primary N) is 1. The third-order valence-electron chi connectivity index (χ3n) is 5.88. The van der Waals surface area contributed by atoms with E-state index in [1.165, 1.54) is 23.5 Å². The van der Waals surface area contributed by atoms with Crippen molar-refractivity contribution in [2.75, 3.05) is 48.8 Å². The van der Waals surface area contributed by atoms with Crippen molar-refractivity contribution >= 4 is 62.6 Å². The number of ether oxygens (including phenoxy) is 1. The number of hydrogen-bond acceptors (Lipinski definition) is 8. The number of rotatable bonds is 7. The highest BCUT2D eigenvalue weighted by Gasteiger charge is 2.25. The number of amides is 1. The number of nitrogens with zero attached hydrogens (tertiary/aromatic N) is 5. The van der Waals surface area contributed by atoms with E-state index < -0.39 is 0 Å². The average molecular weight is 578 g/mol. The first-order chi connectivity index (χ1) is 18.5. The second kappa shape index (κ2) is 13.5. The molecule has 0 aliphatic carbocycles. The summed E-state index contributed by atoms with van der Waals surface area (Å²) in [5.74, 6) is 1.30. The van der Waals surface area contributed by atoms with Gasteiger partial charge in [0.2, 0.25) is 5.95 Å². The molecule has 2 aromatic carbocycles. The normalized spacial score (nSPS) is 13.2. The molecule has 0 radical (unpaired) electrons. The predicted molar refractivity (Wildman–Crippen MR) is 151 cm³/mol. The number of piperazine rings is 1. The molecular weight excluding hydrogens is 550 g/mol. The van der Waals surface area contributed by atoms with Crippen molar-refractivity contribution < 1.29 is 13.9 Å². The van der Waals surface area contributed by atoms with E-state index >= 15 is 0 Å². The lowest BCUT2D eigenvalue weighted by Gasteiger charge is -2.35. The Kier molecular flexibility index (Phi) is 9.91. The van der Waals surface area contributed by atoms with Crippen LogP contribution < -0.4 is 15.4 Å². The van der Waals surface area contributed by atoms with Crippen LogP contribution in [0.25, 0.3) is 10.3 Å². The van der Waals surface area contributed by atoms with Crippen LogP contribution in [0, 0.1) is 5.82 Å². The summed E-state index contributed by atoms with van der Waals surface area (Å²) in [5.41, 5.74) is 7.78.